The van der Waals surface area contributed by atoms with Gasteiger partial charge in [-0.15, -0.1) is 0 Å². The van der Waals surface area contributed by atoms with Crippen molar-refractivity contribution in [1.29, 1.82) is 0 Å². The zero-order valence-corrected chi connectivity index (χ0v) is 17.9. The lowest BCUT2D eigenvalue weighted by molar-refractivity contribution is 0.598. The second-order valence-electron chi connectivity index (χ2n) is 6.43. The molecular weight excluding hydrogens is 444 g/mol. The van der Waals surface area contributed by atoms with Gasteiger partial charge < -0.3 is 15.6 Å². The molecule has 4 rings (SSSR count). The maximum absolute atomic E-state index is 11.4. The number of nitrogens with one attached hydrogen (secondary N) is 1. The summed E-state index contributed by atoms with van der Waals surface area (Å²) in [6.45, 7) is 0.613. The quantitative estimate of drug-likeness (QED) is 0.402. The minimum absolute atomic E-state index is 0.0385. The van der Waals surface area contributed by atoms with E-state index in [4.69, 9.17) is 22.5 Å². The molecule has 0 spiro atoms. The van der Waals surface area contributed by atoms with Crippen LogP contribution in [0.2, 0.25) is 5.02 Å². The Bertz CT molecular complexity index is 1280. The van der Waals surface area contributed by atoms with Gasteiger partial charge in [-0.3, -0.25) is 0 Å². The summed E-state index contributed by atoms with van der Waals surface area (Å²) in [6, 6.07) is 13.7. The monoisotopic (exact) mass is 460 g/mol. The number of primary sulfonamides is 1. The van der Waals surface area contributed by atoms with Gasteiger partial charge in [-0.25, -0.2) is 23.5 Å². The molecule has 30 heavy (non-hydrogen) atoms. The van der Waals surface area contributed by atoms with Crippen molar-refractivity contribution >= 4 is 49.6 Å². The number of hydrogen-bond acceptors (Lipinski definition) is 7. The average molecular weight is 461 g/mol. The van der Waals surface area contributed by atoms with Crippen LogP contribution in [-0.2, 0) is 16.6 Å². The van der Waals surface area contributed by atoms with Crippen LogP contribution in [0.5, 0.6) is 0 Å². The Kier molecular flexibility index (Phi) is 5.48. The molecule has 0 fully saturated rings. The molecule has 4 aromatic rings. The Morgan fingerprint density at radius 2 is 1.80 bits per heavy atom. The Hall–Kier alpha value is -2.92. The zero-order chi connectivity index (χ0) is 21.3. The summed E-state index contributed by atoms with van der Waals surface area (Å²) in [6.07, 6.45) is 3.59. The van der Waals surface area contributed by atoms with Gasteiger partial charge in [0.15, 0.2) is 11.0 Å². The van der Waals surface area contributed by atoms with Crippen molar-refractivity contribution in [2.24, 2.45) is 5.14 Å². The van der Waals surface area contributed by atoms with Crippen LogP contribution in [0.15, 0.2) is 65.8 Å². The van der Waals surface area contributed by atoms with E-state index in [2.05, 4.69) is 15.3 Å². The minimum Gasteiger partial charge on any atom is -0.382 e. The second-order valence-corrected chi connectivity index (χ2v) is 9.43. The minimum atomic E-state index is -3.74. The standard InChI is InChI=1S/C19H17ClN6O2S2/c20-13-3-1-12(2-4-13)11-26-10-9-23-18(26)16-17(21)25-19(29-16)24-14-5-7-15(8-6-14)30(22,27)28/h1-10H,11,21H2,(H,24,25)(H2,22,27,28). The van der Waals surface area contributed by atoms with Crippen LogP contribution < -0.4 is 16.2 Å². The van der Waals surface area contributed by atoms with Crippen molar-refractivity contribution in [3.05, 3.63) is 71.5 Å². The van der Waals surface area contributed by atoms with Crippen molar-refractivity contribution in [1.82, 2.24) is 14.5 Å². The number of anilines is 3. The fraction of sp³-hybridized carbons (Fsp3) is 0.0526. The highest BCUT2D eigenvalue weighted by Crippen LogP contribution is 2.35. The Balaban J connectivity index is 1.56. The van der Waals surface area contributed by atoms with Crippen LogP contribution in [0.3, 0.4) is 0 Å². The third kappa shape index (κ3) is 4.46. The maximum Gasteiger partial charge on any atom is 0.238 e. The Morgan fingerprint density at radius 3 is 2.47 bits per heavy atom. The van der Waals surface area contributed by atoms with Crippen molar-refractivity contribution in [2.45, 2.75) is 11.4 Å². The predicted octanol–water partition coefficient (Wildman–Crippen LogP) is 3.68. The summed E-state index contributed by atoms with van der Waals surface area (Å²) in [5.74, 6) is 1.06. The van der Waals surface area contributed by atoms with Gasteiger partial charge in [0.1, 0.15) is 10.7 Å². The van der Waals surface area contributed by atoms with Gasteiger partial charge >= 0.3 is 0 Å². The SMILES string of the molecule is Nc1nc(Nc2ccc(S(N)(=O)=O)cc2)sc1-c1nccn1Cc1ccc(Cl)cc1. The molecule has 0 aliphatic rings. The van der Waals surface area contributed by atoms with Gasteiger partial charge in [-0.1, -0.05) is 35.1 Å². The lowest BCUT2D eigenvalue weighted by Gasteiger charge is -2.07. The van der Waals surface area contributed by atoms with Crippen LogP contribution >= 0.6 is 22.9 Å². The highest BCUT2D eigenvalue weighted by atomic mass is 35.5. The molecule has 0 atom stereocenters. The third-order valence-electron chi connectivity index (χ3n) is 4.27. The lowest BCUT2D eigenvalue weighted by atomic mass is 10.2. The summed E-state index contributed by atoms with van der Waals surface area (Å²) >= 11 is 7.31. The number of benzene rings is 2. The van der Waals surface area contributed by atoms with E-state index < -0.39 is 10.0 Å². The van der Waals surface area contributed by atoms with Gasteiger partial charge in [0.25, 0.3) is 0 Å². The van der Waals surface area contributed by atoms with E-state index in [0.29, 0.717) is 34.0 Å². The van der Waals surface area contributed by atoms with Gasteiger partial charge in [0.2, 0.25) is 10.0 Å². The number of hydrogen-bond donors (Lipinski definition) is 3. The third-order valence-corrected chi connectivity index (χ3v) is 6.44. The van der Waals surface area contributed by atoms with Crippen molar-refractivity contribution in [3.8, 4) is 10.7 Å². The largest absolute Gasteiger partial charge is 0.382 e. The number of halogens is 1. The first-order valence-corrected chi connectivity index (χ1v) is 11.5. The summed E-state index contributed by atoms with van der Waals surface area (Å²) in [5, 5.41) is 9.49. The molecule has 0 saturated heterocycles. The molecule has 0 unspecified atom stereocenters. The predicted molar refractivity (Wildman–Crippen MR) is 119 cm³/mol. The van der Waals surface area contributed by atoms with E-state index in [-0.39, 0.29) is 4.90 Å². The zero-order valence-electron chi connectivity index (χ0n) is 15.5. The number of nitrogens with zero attached hydrogens (tertiary/aromatic N) is 3. The molecule has 0 radical (unpaired) electrons. The molecule has 2 aromatic heterocycles. The number of imidazole rings is 1. The molecule has 11 heteroatoms. The van der Waals surface area contributed by atoms with E-state index >= 15 is 0 Å². The van der Waals surface area contributed by atoms with Crippen molar-refractivity contribution in [3.63, 3.8) is 0 Å². The average Bonchev–Trinajstić information content (AvgIpc) is 3.29. The first-order valence-electron chi connectivity index (χ1n) is 8.72. The lowest BCUT2D eigenvalue weighted by Crippen LogP contribution is -2.11. The summed E-state index contributed by atoms with van der Waals surface area (Å²) in [7, 11) is -3.74. The van der Waals surface area contributed by atoms with E-state index in [9.17, 15) is 8.42 Å². The number of rotatable bonds is 6. The van der Waals surface area contributed by atoms with Gasteiger partial charge in [0.05, 0.1) is 4.90 Å². The Labute approximate surface area is 182 Å². The molecule has 2 aromatic carbocycles. The van der Waals surface area contributed by atoms with Crippen LogP contribution in [0.25, 0.3) is 10.7 Å². The van der Waals surface area contributed by atoms with Crippen molar-refractivity contribution < 1.29 is 8.42 Å². The summed E-state index contributed by atoms with van der Waals surface area (Å²) in [5.41, 5.74) is 7.88. The number of nitrogens with two attached hydrogens (primary N) is 2. The molecule has 154 valence electrons. The number of aromatic nitrogens is 3. The molecular formula is C19H17ClN6O2S2. The molecule has 0 amide bonds. The van der Waals surface area contributed by atoms with Crippen LogP contribution in [-0.4, -0.2) is 23.0 Å². The van der Waals surface area contributed by atoms with Crippen molar-refractivity contribution in [2.75, 3.05) is 11.1 Å². The fourth-order valence-electron chi connectivity index (χ4n) is 2.83. The molecule has 2 heterocycles. The normalized spacial score (nSPS) is 11.5. The topological polar surface area (TPSA) is 129 Å². The molecule has 0 saturated carbocycles. The van der Waals surface area contributed by atoms with Gasteiger partial charge in [0, 0.05) is 29.6 Å². The first kappa shape index (κ1) is 20.4. The number of sulfonamides is 1. The molecule has 0 aliphatic heterocycles. The first-order chi connectivity index (χ1) is 14.3. The van der Waals surface area contributed by atoms with E-state index in [1.807, 2.05) is 35.0 Å². The Morgan fingerprint density at radius 1 is 1.10 bits per heavy atom. The van der Waals surface area contributed by atoms with E-state index in [0.717, 1.165) is 10.4 Å². The highest BCUT2D eigenvalue weighted by Gasteiger charge is 2.16. The fourth-order valence-corrected chi connectivity index (χ4v) is 4.39. The molecule has 8 nitrogen and oxygen atoms in total. The molecule has 0 aliphatic carbocycles. The van der Waals surface area contributed by atoms with Crippen LogP contribution in [0, 0.1) is 0 Å². The van der Waals surface area contributed by atoms with E-state index in [1.54, 1.807) is 18.3 Å². The molecule has 5 N–H and O–H groups in total. The van der Waals surface area contributed by atoms with Crippen LogP contribution in [0.4, 0.5) is 16.6 Å². The number of nitrogen functional groups attached to an aromatic ring is 1. The van der Waals surface area contributed by atoms with Gasteiger partial charge in [-0.2, -0.15) is 0 Å². The maximum atomic E-state index is 11.4. The molecule has 0 bridgehead atoms. The summed E-state index contributed by atoms with van der Waals surface area (Å²) < 4.78 is 24.7. The summed E-state index contributed by atoms with van der Waals surface area (Å²) in [4.78, 5) is 9.58. The van der Waals surface area contributed by atoms with Gasteiger partial charge in [-0.05, 0) is 42.0 Å². The highest BCUT2D eigenvalue weighted by molar-refractivity contribution is 7.89. The van der Waals surface area contributed by atoms with E-state index in [1.165, 1.54) is 23.5 Å². The van der Waals surface area contributed by atoms with Crippen LogP contribution in [0.1, 0.15) is 5.56 Å². The smallest absolute Gasteiger partial charge is 0.238 e. The second kappa shape index (κ2) is 8.07. The number of thiazole rings is 1.